The van der Waals surface area contributed by atoms with Gasteiger partial charge in [-0.1, -0.05) is 30.3 Å². The van der Waals surface area contributed by atoms with Crippen LogP contribution in [0.3, 0.4) is 0 Å². The van der Waals surface area contributed by atoms with Crippen molar-refractivity contribution in [1.82, 2.24) is 10.2 Å². The minimum absolute atomic E-state index is 0. The number of amides is 1. The van der Waals surface area contributed by atoms with Gasteiger partial charge in [0, 0.05) is 38.3 Å². The van der Waals surface area contributed by atoms with Gasteiger partial charge < -0.3 is 24.4 Å². The lowest BCUT2D eigenvalue weighted by molar-refractivity contribution is 0.0518. The molecule has 2 aromatic carbocycles. The van der Waals surface area contributed by atoms with Crippen molar-refractivity contribution in [2.24, 2.45) is 11.8 Å². The second kappa shape index (κ2) is 13.7. The van der Waals surface area contributed by atoms with Crippen molar-refractivity contribution in [3.05, 3.63) is 59.7 Å². The smallest absolute Gasteiger partial charge is 0.254 e. The summed E-state index contributed by atoms with van der Waals surface area (Å²) in [6.07, 6.45) is 5.20. The van der Waals surface area contributed by atoms with Crippen LogP contribution < -0.4 is 14.8 Å². The molecule has 2 aliphatic rings. The lowest BCUT2D eigenvalue weighted by atomic mass is 9.86. The lowest BCUT2D eigenvalue weighted by Crippen LogP contribution is -2.47. The third kappa shape index (κ3) is 7.12. The van der Waals surface area contributed by atoms with Crippen LogP contribution in [-0.4, -0.2) is 63.9 Å². The number of hydrogen-bond acceptors (Lipinski definition) is 5. The van der Waals surface area contributed by atoms with Gasteiger partial charge in [0.2, 0.25) is 0 Å². The maximum absolute atomic E-state index is 13.7. The molecular formula is C28H39ClN2O4. The zero-order chi connectivity index (χ0) is 23.8. The van der Waals surface area contributed by atoms with E-state index in [0.717, 1.165) is 45.3 Å². The van der Waals surface area contributed by atoms with Gasteiger partial charge in [0.05, 0.1) is 13.7 Å². The maximum Gasteiger partial charge on any atom is 0.254 e. The highest BCUT2D eigenvalue weighted by Crippen LogP contribution is 2.33. The number of halogens is 1. The fourth-order valence-electron chi connectivity index (χ4n) is 4.98. The maximum atomic E-state index is 13.7. The molecule has 1 aliphatic heterocycles. The van der Waals surface area contributed by atoms with Gasteiger partial charge in [-0.2, -0.15) is 0 Å². The Balaban J connectivity index is 0.00000342. The monoisotopic (exact) mass is 502 g/mol. The van der Waals surface area contributed by atoms with Gasteiger partial charge in [-0.15, -0.1) is 12.4 Å². The molecule has 0 unspecified atom stereocenters. The third-order valence-electron chi connectivity index (χ3n) is 7.19. The van der Waals surface area contributed by atoms with Gasteiger partial charge >= 0.3 is 0 Å². The Bertz CT molecular complexity index is 922. The van der Waals surface area contributed by atoms with E-state index in [4.69, 9.17) is 14.2 Å². The van der Waals surface area contributed by atoms with E-state index in [2.05, 4.69) is 40.5 Å². The van der Waals surface area contributed by atoms with E-state index in [9.17, 15) is 4.79 Å². The van der Waals surface area contributed by atoms with Gasteiger partial charge in [0.1, 0.15) is 0 Å². The average Bonchev–Trinajstić information content (AvgIpc) is 3.26. The molecule has 4 rings (SSSR count). The summed E-state index contributed by atoms with van der Waals surface area (Å²) in [7, 11) is 3.30. The molecule has 0 bridgehead atoms. The van der Waals surface area contributed by atoms with Gasteiger partial charge in [0.25, 0.3) is 5.91 Å². The third-order valence-corrected chi connectivity index (χ3v) is 7.19. The highest BCUT2D eigenvalue weighted by molar-refractivity contribution is 5.95. The molecule has 1 N–H and O–H groups in total. The molecule has 1 amide bonds. The fourth-order valence-corrected chi connectivity index (χ4v) is 4.98. The van der Waals surface area contributed by atoms with Crippen LogP contribution in [0.5, 0.6) is 11.5 Å². The Labute approximate surface area is 215 Å². The van der Waals surface area contributed by atoms with Crippen LogP contribution in [0.4, 0.5) is 0 Å². The molecular weight excluding hydrogens is 464 g/mol. The van der Waals surface area contributed by atoms with Gasteiger partial charge in [-0.3, -0.25) is 4.79 Å². The van der Waals surface area contributed by atoms with Crippen molar-refractivity contribution in [2.75, 3.05) is 47.1 Å². The van der Waals surface area contributed by atoms with Crippen molar-refractivity contribution < 1.29 is 19.0 Å². The van der Waals surface area contributed by atoms with E-state index < -0.39 is 0 Å². The normalized spacial score (nSPS) is 19.5. The van der Waals surface area contributed by atoms with Gasteiger partial charge in [0.15, 0.2) is 11.5 Å². The van der Waals surface area contributed by atoms with Crippen LogP contribution in [0.1, 0.15) is 41.6 Å². The number of carbonyl (C=O) groups excluding carboxylic acids is 1. The second-order valence-electron chi connectivity index (χ2n) is 9.47. The van der Waals surface area contributed by atoms with Crippen LogP contribution in [0, 0.1) is 11.8 Å². The van der Waals surface area contributed by atoms with Crippen molar-refractivity contribution in [3.8, 4) is 11.5 Å². The van der Waals surface area contributed by atoms with Crippen LogP contribution in [-0.2, 0) is 11.2 Å². The molecule has 0 radical (unpaired) electrons. The topological polar surface area (TPSA) is 60.0 Å². The summed E-state index contributed by atoms with van der Waals surface area (Å²) in [5, 5.41) is 3.57. The summed E-state index contributed by atoms with van der Waals surface area (Å²) in [4.78, 5) is 15.9. The zero-order valence-corrected chi connectivity index (χ0v) is 21.7. The second-order valence-corrected chi connectivity index (χ2v) is 9.47. The first-order valence-corrected chi connectivity index (χ1v) is 12.5. The van der Waals surface area contributed by atoms with E-state index in [0.29, 0.717) is 48.2 Å². The summed E-state index contributed by atoms with van der Waals surface area (Å²) in [6, 6.07) is 16.6. The Morgan fingerprint density at radius 1 is 1.00 bits per heavy atom. The molecule has 1 heterocycles. The van der Waals surface area contributed by atoms with E-state index in [1.807, 2.05) is 18.2 Å². The molecule has 0 spiro atoms. The van der Waals surface area contributed by atoms with Crippen LogP contribution in [0.25, 0.3) is 0 Å². The molecule has 2 atom stereocenters. The quantitative estimate of drug-likeness (QED) is 0.430. The number of hydrogen-bond donors (Lipinski definition) is 1. The lowest BCUT2D eigenvalue weighted by Gasteiger charge is -2.40. The first-order valence-electron chi connectivity index (χ1n) is 12.5. The molecule has 2 fully saturated rings. The number of carbonyl (C=O) groups is 1. The Kier molecular flexibility index (Phi) is 10.7. The van der Waals surface area contributed by atoms with Crippen molar-refractivity contribution in [2.45, 2.75) is 38.1 Å². The highest BCUT2D eigenvalue weighted by atomic mass is 35.5. The molecule has 7 heteroatoms. The molecule has 6 nitrogen and oxygen atoms in total. The number of rotatable bonds is 12. The van der Waals surface area contributed by atoms with E-state index in [1.165, 1.54) is 12.0 Å². The fraction of sp³-hybridized carbons (Fsp3) is 0.536. The van der Waals surface area contributed by atoms with Crippen LogP contribution >= 0.6 is 12.4 Å². The number of nitrogens with zero attached hydrogens (tertiary/aromatic N) is 1. The number of nitrogens with one attached hydrogen (secondary N) is 1. The van der Waals surface area contributed by atoms with Crippen LogP contribution in [0.15, 0.2) is 48.5 Å². The largest absolute Gasteiger partial charge is 0.493 e. The Morgan fingerprint density at radius 2 is 1.77 bits per heavy atom. The highest BCUT2D eigenvalue weighted by Gasteiger charge is 2.35. The molecule has 1 saturated heterocycles. The standard InChI is InChI=1S/C28H38N2O4.ClH/c1-32-14-7-15-34-27-17-22(12-13-26(27)33-2)28(31)30(25-10-6-11-25)20-24-19-29-18-23(24)16-21-8-4-3-5-9-21;/h3-5,8-9,12-13,17,23-25,29H,6-7,10-11,14-16,18-20H2,1-2H3;1H/t23-,24+;/m0./s1. The number of methoxy groups -OCH3 is 2. The van der Waals surface area contributed by atoms with E-state index in [-0.39, 0.29) is 18.3 Å². The summed E-state index contributed by atoms with van der Waals surface area (Å²) in [5.41, 5.74) is 2.04. The first kappa shape index (κ1) is 27.3. The van der Waals surface area contributed by atoms with Crippen molar-refractivity contribution >= 4 is 18.3 Å². The summed E-state index contributed by atoms with van der Waals surface area (Å²) < 4.78 is 16.5. The minimum Gasteiger partial charge on any atom is -0.493 e. The van der Waals surface area contributed by atoms with E-state index >= 15 is 0 Å². The zero-order valence-electron chi connectivity index (χ0n) is 20.9. The molecule has 2 aromatic rings. The number of ether oxygens (including phenoxy) is 3. The van der Waals surface area contributed by atoms with Gasteiger partial charge in [-0.05, 0) is 74.4 Å². The molecule has 0 aromatic heterocycles. The van der Waals surface area contributed by atoms with Gasteiger partial charge in [-0.25, -0.2) is 0 Å². The summed E-state index contributed by atoms with van der Waals surface area (Å²) in [5.74, 6) is 2.34. The SMILES string of the molecule is COCCCOc1cc(C(=O)N(C[C@H]2CNC[C@@H]2Cc2ccccc2)C2CCC2)ccc1OC.Cl. The predicted molar refractivity (Wildman–Crippen MR) is 141 cm³/mol. The summed E-state index contributed by atoms with van der Waals surface area (Å²) >= 11 is 0. The molecule has 192 valence electrons. The van der Waals surface area contributed by atoms with Crippen molar-refractivity contribution in [3.63, 3.8) is 0 Å². The summed E-state index contributed by atoms with van der Waals surface area (Å²) in [6.45, 7) is 3.92. The minimum atomic E-state index is 0. The molecule has 1 aliphatic carbocycles. The average molecular weight is 503 g/mol. The number of benzene rings is 2. The molecule has 1 saturated carbocycles. The van der Waals surface area contributed by atoms with Crippen molar-refractivity contribution in [1.29, 1.82) is 0 Å². The Hall–Kier alpha value is -2.28. The molecule has 35 heavy (non-hydrogen) atoms. The predicted octanol–water partition coefficient (Wildman–Crippen LogP) is 4.61. The van der Waals surface area contributed by atoms with Crippen LogP contribution in [0.2, 0.25) is 0 Å². The van der Waals surface area contributed by atoms with E-state index in [1.54, 1.807) is 14.2 Å². The first-order chi connectivity index (χ1) is 16.7. The Morgan fingerprint density at radius 3 is 2.46 bits per heavy atom.